The third kappa shape index (κ3) is 4.88. The summed E-state index contributed by atoms with van der Waals surface area (Å²) in [5.41, 5.74) is 9.82. The number of ether oxygens (including phenoxy) is 2. The Labute approximate surface area is 265 Å². The minimum atomic E-state index is -4.93. The summed E-state index contributed by atoms with van der Waals surface area (Å²) in [4.78, 5) is 46.0. The van der Waals surface area contributed by atoms with Gasteiger partial charge in [-0.05, 0) is 0 Å². The number of fused-ring (bicyclic) bond motifs is 4. The number of aromatic amines is 1. The molecule has 46 heavy (non-hydrogen) atoms. The van der Waals surface area contributed by atoms with E-state index >= 15 is 4.39 Å². The summed E-state index contributed by atoms with van der Waals surface area (Å²) in [5, 5.41) is -2.24. The lowest BCUT2D eigenvalue weighted by molar-refractivity contribution is -0.182. The molecule has 8 rings (SSSR count). The van der Waals surface area contributed by atoms with Crippen LogP contribution in [0.5, 0.6) is 0 Å². The molecule has 4 aliphatic rings. The molecule has 6 N–H and O–H groups in total. The fraction of sp³-hybridized carbons (Fsp3) is 0.524. The number of rotatable bonds is 2. The second-order valence-electron chi connectivity index (χ2n) is 10.8. The Bertz CT molecular complexity index is 2040. The van der Waals surface area contributed by atoms with Gasteiger partial charge in [0.2, 0.25) is 5.95 Å². The quantitative estimate of drug-likeness (QED) is 0.141. The number of thioether (sulfide) groups is 1. The van der Waals surface area contributed by atoms with Gasteiger partial charge < -0.3 is 25.8 Å². The van der Waals surface area contributed by atoms with Gasteiger partial charge in [-0.15, -0.1) is 11.8 Å². The number of hydrogen-bond acceptors (Lipinski definition) is 17. The molecule has 0 radical (unpaired) electrons. The SMILES string of the molecule is Nc1nc2c(ncn2[C@@H]2S[C@@H]3COP(=O)(O)O[C@H]4[C@H]5OC[C@]4(COP(=O)(S)O[C@@H]2[C@H]3F)O[C@H]5n2cnc3c(N)ncnc32)c(=O)[nH]1. The van der Waals surface area contributed by atoms with Crippen molar-refractivity contribution in [3.05, 3.63) is 29.3 Å². The molecule has 0 saturated carbocycles. The van der Waals surface area contributed by atoms with Crippen LogP contribution in [0, 0.1) is 0 Å². The van der Waals surface area contributed by atoms with Crippen LogP contribution < -0.4 is 17.0 Å². The van der Waals surface area contributed by atoms with Crippen LogP contribution in [0.15, 0.2) is 23.8 Å². The van der Waals surface area contributed by atoms with Crippen molar-refractivity contribution < 1.29 is 46.0 Å². The maximum absolute atomic E-state index is 16.0. The minimum Gasteiger partial charge on any atom is -0.382 e. The molecule has 0 aliphatic carbocycles. The number of aromatic nitrogens is 8. The van der Waals surface area contributed by atoms with Crippen molar-refractivity contribution in [2.45, 2.75) is 46.9 Å². The zero-order valence-electron chi connectivity index (χ0n) is 22.9. The number of H-pyrrole nitrogens is 1. The van der Waals surface area contributed by atoms with Crippen LogP contribution in [-0.4, -0.2) is 99.1 Å². The molecule has 8 heterocycles. The molecule has 0 aromatic carbocycles. The topological polar surface area (TPSA) is 269 Å². The van der Waals surface area contributed by atoms with Gasteiger partial charge in [0.15, 0.2) is 28.9 Å². The zero-order chi connectivity index (χ0) is 32.2. The predicted octanol–water partition coefficient (Wildman–Crippen LogP) is 0.698. The van der Waals surface area contributed by atoms with E-state index < -0.39 is 80.3 Å². The number of nitrogen functional groups attached to an aromatic ring is 2. The third-order valence-electron chi connectivity index (χ3n) is 8.00. The number of imidazole rings is 2. The number of nitrogens with zero attached hydrogens (tertiary/aromatic N) is 7. The number of nitrogens with two attached hydrogens (primary N) is 2. The number of thiol groups is 1. The third-order valence-corrected chi connectivity index (χ3v) is 12.1. The molecule has 4 aromatic heterocycles. The smallest absolute Gasteiger partial charge is 0.382 e. The number of halogens is 1. The highest BCUT2D eigenvalue weighted by molar-refractivity contribution is 8.44. The van der Waals surface area contributed by atoms with Crippen LogP contribution in [0.3, 0.4) is 0 Å². The van der Waals surface area contributed by atoms with Crippen LogP contribution in [-0.2, 0) is 36.7 Å². The summed E-state index contributed by atoms with van der Waals surface area (Å²) in [6.07, 6.45) is -3.05. The molecule has 4 aliphatic heterocycles. The molecule has 4 saturated heterocycles. The zero-order valence-corrected chi connectivity index (χ0v) is 26.4. The first kappa shape index (κ1) is 30.6. The summed E-state index contributed by atoms with van der Waals surface area (Å²) in [5.74, 6) is -0.110. The Morgan fingerprint density at radius 3 is 2.67 bits per heavy atom. The molecular weight excluding hydrogens is 697 g/mol. The molecule has 4 fully saturated rings. The first-order chi connectivity index (χ1) is 21.8. The van der Waals surface area contributed by atoms with E-state index in [1.807, 2.05) is 0 Å². The number of nitrogens with one attached hydrogen (secondary N) is 1. The van der Waals surface area contributed by atoms with Crippen LogP contribution in [0.1, 0.15) is 11.6 Å². The van der Waals surface area contributed by atoms with Crippen LogP contribution in [0.4, 0.5) is 16.2 Å². The molecule has 0 amide bonds. The fourth-order valence-corrected chi connectivity index (χ4v) is 10.1. The normalized spacial score (nSPS) is 39.7. The maximum atomic E-state index is 16.0. The maximum Gasteiger partial charge on any atom is 0.472 e. The summed E-state index contributed by atoms with van der Waals surface area (Å²) in [6.45, 7) is -5.89. The monoisotopic (exact) mass is 720 g/mol. The Morgan fingerprint density at radius 1 is 1.07 bits per heavy atom. The number of phosphoric ester groups is 1. The van der Waals surface area contributed by atoms with Gasteiger partial charge in [0.1, 0.15) is 47.3 Å². The predicted molar refractivity (Wildman–Crippen MR) is 158 cm³/mol. The van der Waals surface area contributed by atoms with Gasteiger partial charge in [-0.2, -0.15) is 4.98 Å². The van der Waals surface area contributed by atoms with E-state index in [2.05, 4.69) is 42.2 Å². The standard InChI is InChI=1S/C21H23FN10O10P2S2/c22-8-7-1-38-43(34,35)42-13-12-18(31-5-27-9-14(23)25-4-26-15(9)31)40-21(13,2-37-12)3-39-44(36,45)41-11(8)19(46-7)32-6-28-10-16(32)29-20(24)30-17(10)33/h4-8,11-13,18-19H,1-3H2,(H,34,35)(H,36,45)(H2,23,25,26)(H3,24,29,30,33)/t7-,8+,11-,12-,13+,18-,19-,21-,44?/m1/s1. The highest BCUT2D eigenvalue weighted by Gasteiger charge is 2.66. The molecular formula is C21H23FN10O10P2S2. The number of anilines is 2. The van der Waals surface area contributed by atoms with Gasteiger partial charge in [0.05, 0.1) is 37.7 Å². The number of alkyl halides is 1. The van der Waals surface area contributed by atoms with Gasteiger partial charge >= 0.3 is 14.6 Å². The molecule has 246 valence electrons. The van der Waals surface area contributed by atoms with E-state index in [-0.39, 0.29) is 40.7 Å². The fourth-order valence-electron chi connectivity index (χ4n) is 5.94. The first-order valence-electron chi connectivity index (χ1n) is 13.4. The van der Waals surface area contributed by atoms with Crippen LogP contribution >= 0.6 is 38.6 Å². The number of phosphoric acid groups is 1. The van der Waals surface area contributed by atoms with Gasteiger partial charge in [0.25, 0.3) is 5.56 Å². The average molecular weight is 721 g/mol. The second kappa shape index (κ2) is 10.7. The van der Waals surface area contributed by atoms with E-state index in [0.29, 0.717) is 0 Å². The van der Waals surface area contributed by atoms with Gasteiger partial charge in [-0.25, -0.2) is 33.5 Å². The van der Waals surface area contributed by atoms with Gasteiger partial charge in [0, 0.05) is 0 Å². The Morgan fingerprint density at radius 2 is 1.85 bits per heavy atom. The van der Waals surface area contributed by atoms with Crippen LogP contribution in [0.25, 0.3) is 22.3 Å². The van der Waals surface area contributed by atoms with Gasteiger partial charge in [-0.1, -0.05) is 12.2 Å². The molecule has 4 aromatic rings. The number of hydrogen-bond donors (Lipinski definition) is 5. The highest BCUT2D eigenvalue weighted by Crippen LogP contribution is 2.62. The largest absolute Gasteiger partial charge is 0.472 e. The van der Waals surface area contributed by atoms with E-state index in [0.717, 1.165) is 11.8 Å². The summed E-state index contributed by atoms with van der Waals surface area (Å²) < 4.78 is 80.3. The lowest BCUT2D eigenvalue weighted by Crippen LogP contribution is -2.45. The molecule has 20 nitrogen and oxygen atoms in total. The minimum absolute atomic E-state index is 0.00589. The molecule has 2 unspecified atom stereocenters. The van der Waals surface area contributed by atoms with Crippen molar-refractivity contribution >= 4 is 72.7 Å². The van der Waals surface area contributed by atoms with Crippen LogP contribution in [0.2, 0.25) is 0 Å². The Hall–Kier alpha value is -2.69. The van der Waals surface area contributed by atoms with Crippen molar-refractivity contribution in [2.75, 3.05) is 31.3 Å². The summed E-state index contributed by atoms with van der Waals surface area (Å²) in [7, 11) is -4.93. The Balaban J connectivity index is 1.14. The van der Waals surface area contributed by atoms with Crippen molar-refractivity contribution in [2.24, 2.45) is 0 Å². The molecule has 10 atom stereocenters. The Kier molecular flexibility index (Phi) is 7.10. The summed E-state index contributed by atoms with van der Waals surface area (Å²) in [6, 6.07) is 0. The summed E-state index contributed by atoms with van der Waals surface area (Å²) >= 11 is 5.02. The second-order valence-corrected chi connectivity index (χ2v) is 16.5. The van der Waals surface area contributed by atoms with E-state index in [4.69, 9.17) is 39.0 Å². The van der Waals surface area contributed by atoms with E-state index in [1.54, 1.807) is 0 Å². The van der Waals surface area contributed by atoms with Crippen molar-refractivity contribution in [1.29, 1.82) is 0 Å². The van der Waals surface area contributed by atoms with Crippen molar-refractivity contribution in [1.82, 2.24) is 39.0 Å². The lowest BCUT2D eigenvalue weighted by atomic mass is 10.0. The lowest BCUT2D eigenvalue weighted by Gasteiger charge is -2.32. The van der Waals surface area contributed by atoms with Gasteiger partial charge in [-0.3, -0.25) is 37.0 Å². The van der Waals surface area contributed by atoms with Crippen molar-refractivity contribution in [3.8, 4) is 0 Å². The van der Waals surface area contributed by atoms with E-state index in [9.17, 15) is 18.8 Å². The molecule has 25 heteroatoms. The molecule has 4 bridgehead atoms. The van der Waals surface area contributed by atoms with Crippen molar-refractivity contribution in [3.63, 3.8) is 0 Å². The average Bonchev–Trinajstić information content (AvgIpc) is 3.80. The first-order valence-corrected chi connectivity index (χ1v) is 18.5. The van der Waals surface area contributed by atoms with E-state index in [1.165, 1.54) is 28.1 Å². The molecule has 0 spiro atoms. The highest BCUT2D eigenvalue weighted by atomic mass is 32.7.